The van der Waals surface area contributed by atoms with Gasteiger partial charge in [0.2, 0.25) is 0 Å². The van der Waals surface area contributed by atoms with Gasteiger partial charge in [-0.2, -0.15) is 0 Å². The second-order valence-corrected chi connectivity index (χ2v) is 4.42. The molecule has 1 aliphatic heterocycles. The van der Waals surface area contributed by atoms with Crippen LogP contribution < -0.4 is 5.32 Å². The highest BCUT2D eigenvalue weighted by Crippen LogP contribution is 2.14. The summed E-state index contributed by atoms with van der Waals surface area (Å²) in [6.45, 7) is 8.75. The van der Waals surface area contributed by atoms with Gasteiger partial charge in [-0.05, 0) is 45.7 Å². The number of nitrogens with one attached hydrogen (secondary N) is 1. The number of hydrogen-bond acceptors (Lipinski definition) is 2. The Labute approximate surface area is 88.1 Å². The predicted molar refractivity (Wildman–Crippen MR) is 61.1 cm³/mol. The normalized spacial score (nSPS) is 18.8. The Morgan fingerprint density at radius 3 is 2.57 bits per heavy atom. The van der Waals surface area contributed by atoms with E-state index in [0.29, 0.717) is 6.04 Å². The minimum atomic E-state index is 0.570. The number of terminal acetylenes is 1. The van der Waals surface area contributed by atoms with Crippen molar-refractivity contribution in [2.45, 2.75) is 32.7 Å². The monoisotopic (exact) mass is 194 g/mol. The van der Waals surface area contributed by atoms with Crippen molar-refractivity contribution in [1.82, 2.24) is 10.2 Å². The van der Waals surface area contributed by atoms with Gasteiger partial charge in [-0.15, -0.1) is 6.42 Å². The van der Waals surface area contributed by atoms with Crippen LogP contribution in [0.2, 0.25) is 0 Å². The molecule has 2 heteroatoms. The Morgan fingerprint density at radius 1 is 1.43 bits per heavy atom. The predicted octanol–water partition coefficient (Wildman–Crippen LogP) is 1.33. The van der Waals surface area contributed by atoms with Gasteiger partial charge in [0.25, 0.3) is 0 Å². The van der Waals surface area contributed by atoms with E-state index in [0.717, 1.165) is 12.5 Å². The van der Waals surface area contributed by atoms with E-state index in [-0.39, 0.29) is 0 Å². The van der Waals surface area contributed by atoms with Crippen molar-refractivity contribution < 1.29 is 0 Å². The first kappa shape index (κ1) is 11.6. The van der Waals surface area contributed by atoms with Crippen LogP contribution >= 0.6 is 0 Å². The van der Waals surface area contributed by atoms with Gasteiger partial charge in [-0.1, -0.05) is 5.92 Å². The standard InChI is InChI=1S/C12H22N2/c1-4-9-14(11(2)3)10-12-5-7-13-8-6-12/h1,11-13H,5-10H2,2-3H3. The van der Waals surface area contributed by atoms with Gasteiger partial charge < -0.3 is 5.32 Å². The molecule has 0 aromatic rings. The molecule has 80 valence electrons. The average Bonchev–Trinajstić information content (AvgIpc) is 2.18. The summed E-state index contributed by atoms with van der Waals surface area (Å²) in [6.07, 6.45) is 7.97. The number of rotatable bonds is 4. The van der Waals surface area contributed by atoms with Crippen molar-refractivity contribution in [2.24, 2.45) is 5.92 Å². The van der Waals surface area contributed by atoms with Gasteiger partial charge in [0.15, 0.2) is 0 Å². The zero-order valence-electron chi connectivity index (χ0n) is 9.42. The van der Waals surface area contributed by atoms with E-state index >= 15 is 0 Å². The summed E-state index contributed by atoms with van der Waals surface area (Å²) < 4.78 is 0. The second-order valence-electron chi connectivity index (χ2n) is 4.42. The number of piperidine rings is 1. The molecule has 1 fully saturated rings. The van der Waals surface area contributed by atoms with E-state index in [9.17, 15) is 0 Å². The lowest BCUT2D eigenvalue weighted by Crippen LogP contribution is -2.39. The van der Waals surface area contributed by atoms with Crippen LogP contribution in [-0.2, 0) is 0 Å². The molecular weight excluding hydrogens is 172 g/mol. The third kappa shape index (κ3) is 3.69. The highest BCUT2D eigenvalue weighted by molar-refractivity contribution is 4.90. The summed E-state index contributed by atoms with van der Waals surface area (Å²) in [7, 11) is 0. The summed E-state index contributed by atoms with van der Waals surface area (Å²) in [5.41, 5.74) is 0. The molecule has 0 aromatic carbocycles. The SMILES string of the molecule is C#CCN(CC1CCNCC1)C(C)C. The Bertz CT molecular complexity index is 187. The molecule has 1 aliphatic rings. The van der Waals surface area contributed by atoms with Crippen LogP contribution in [0.25, 0.3) is 0 Å². The summed E-state index contributed by atoms with van der Waals surface area (Å²) in [4.78, 5) is 2.40. The molecule has 1 rings (SSSR count). The van der Waals surface area contributed by atoms with Crippen LogP contribution in [0.5, 0.6) is 0 Å². The minimum Gasteiger partial charge on any atom is -0.317 e. The van der Waals surface area contributed by atoms with Gasteiger partial charge >= 0.3 is 0 Å². The fourth-order valence-corrected chi connectivity index (χ4v) is 1.97. The van der Waals surface area contributed by atoms with E-state index in [1.807, 2.05) is 0 Å². The van der Waals surface area contributed by atoms with Gasteiger partial charge in [0.1, 0.15) is 0 Å². The molecule has 0 atom stereocenters. The summed E-state index contributed by atoms with van der Waals surface area (Å²) in [5.74, 6) is 3.59. The smallest absolute Gasteiger partial charge is 0.0601 e. The first-order valence-corrected chi connectivity index (χ1v) is 5.62. The van der Waals surface area contributed by atoms with Gasteiger partial charge in [-0.3, -0.25) is 4.90 Å². The van der Waals surface area contributed by atoms with Crippen molar-refractivity contribution in [3.63, 3.8) is 0 Å². The van der Waals surface area contributed by atoms with Crippen molar-refractivity contribution >= 4 is 0 Å². The molecule has 0 aromatic heterocycles. The first-order chi connectivity index (χ1) is 6.74. The molecule has 0 amide bonds. The third-order valence-electron chi connectivity index (χ3n) is 2.98. The van der Waals surface area contributed by atoms with Crippen LogP contribution in [0.15, 0.2) is 0 Å². The Hall–Kier alpha value is -0.520. The highest BCUT2D eigenvalue weighted by Gasteiger charge is 2.17. The third-order valence-corrected chi connectivity index (χ3v) is 2.98. The van der Waals surface area contributed by atoms with Crippen LogP contribution in [0.1, 0.15) is 26.7 Å². The molecule has 1 heterocycles. The quantitative estimate of drug-likeness (QED) is 0.679. The molecule has 14 heavy (non-hydrogen) atoms. The molecule has 2 nitrogen and oxygen atoms in total. The summed E-state index contributed by atoms with van der Waals surface area (Å²) in [5, 5.41) is 3.39. The maximum absolute atomic E-state index is 5.37. The molecule has 0 radical (unpaired) electrons. The largest absolute Gasteiger partial charge is 0.317 e. The van der Waals surface area contributed by atoms with E-state index < -0.39 is 0 Å². The lowest BCUT2D eigenvalue weighted by molar-refractivity contribution is 0.188. The molecule has 1 saturated heterocycles. The molecule has 0 bridgehead atoms. The van der Waals surface area contributed by atoms with Crippen LogP contribution in [-0.4, -0.2) is 37.1 Å². The van der Waals surface area contributed by atoms with Gasteiger partial charge in [0, 0.05) is 12.6 Å². The lowest BCUT2D eigenvalue weighted by atomic mass is 9.97. The fraction of sp³-hybridized carbons (Fsp3) is 0.833. The topological polar surface area (TPSA) is 15.3 Å². The molecule has 0 spiro atoms. The van der Waals surface area contributed by atoms with Gasteiger partial charge in [0.05, 0.1) is 6.54 Å². The zero-order chi connectivity index (χ0) is 10.4. The Kier molecular flexibility index (Phi) is 5.00. The van der Waals surface area contributed by atoms with E-state index in [1.54, 1.807) is 0 Å². The van der Waals surface area contributed by atoms with E-state index in [1.165, 1.54) is 32.5 Å². The first-order valence-electron chi connectivity index (χ1n) is 5.62. The molecule has 0 saturated carbocycles. The van der Waals surface area contributed by atoms with Crippen molar-refractivity contribution in [2.75, 3.05) is 26.2 Å². The van der Waals surface area contributed by atoms with Crippen molar-refractivity contribution in [1.29, 1.82) is 0 Å². The average molecular weight is 194 g/mol. The zero-order valence-corrected chi connectivity index (χ0v) is 9.42. The summed E-state index contributed by atoms with van der Waals surface area (Å²) in [6, 6.07) is 0.570. The highest BCUT2D eigenvalue weighted by atomic mass is 15.1. The van der Waals surface area contributed by atoms with Crippen molar-refractivity contribution in [3.8, 4) is 12.3 Å². The van der Waals surface area contributed by atoms with E-state index in [4.69, 9.17) is 6.42 Å². The van der Waals surface area contributed by atoms with Crippen molar-refractivity contribution in [3.05, 3.63) is 0 Å². The maximum atomic E-state index is 5.37. The van der Waals surface area contributed by atoms with Crippen LogP contribution in [0, 0.1) is 18.3 Å². The number of nitrogens with zero attached hydrogens (tertiary/aromatic N) is 1. The van der Waals surface area contributed by atoms with Crippen LogP contribution in [0.3, 0.4) is 0 Å². The van der Waals surface area contributed by atoms with E-state index in [2.05, 4.69) is 30.0 Å². The molecule has 0 unspecified atom stereocenters. The minimum absolute atomic E-state index is 0.570. The maximum Gasteiger partial charge on any atom is 0.0601 e. The van der Waals surface area contributed by atoms with Gasteiger partial charge in [-0.25, -0.2) is 0 Å². The summed E-state index contributed by atoms with van der Waals surface area (Å²) >= 11 is 0. The second kappa shape index (κ2) is 6.06. The Morgan fingerprint density at radius 2 is 2.07 bits per heavy atom. The Balaban J connectivity index is 2.34. The number of hydrogen-bond donors (Lipinski definition) is 1. The lowest BCUT2D eigenvalue weighted by Gasteiger charge is -2.31. The molecule has 1 N–H and O–H groups in total. The molecule has 0 aliphatic carbocycles. The van der Waals surface area contributed by atoms with Crippen LogP contribution in [0.4, 0.5) is 0 Å². The molecular formula is C12H22N2. The fourth-order valence-electron chi connectivity index (χ4n) is 1.97.